The molecule has 5 nitrogen and oxygen atoms in total. The van der Waals surface area contributed by atoms with Gasteiger partial charge >= 0.3 is 0 Å². The first-order chi connectivity index (χ1) is 12.0. The monoisotopic (exact) mass is 358 g/mol. The minimum atomic E-state index is 0.138. The van der Waals surface area contributed by atoms with Crippen LogP contribution in [-0.2, 0) is 0 Å². The highest BCUT2D eigenvalue weighted by molar-refractivity contribution is 6.31. The second-order valence-electron chi connectivity index (χ2n) is 7.30. The van der Waals surface area contributed by atoms with E-state index in [0.29, 0.717) is 34.3 Å². The van der Waals surface area contributed by atoms with Crippen molar-refractivity contribution in [3.8, 4) is 17.0 Å². The third-order valence-electron chi connectivity index (χ3n) is 5.40. The first-order valence-corrected chi connectivity index (χ1v) is 9.24. The van der Waals surface area contributed by atoms with Gasteiger partial charge in [-0.15, -0.1) is 10.2 Å². The number of aryl methyl sites for hydroxylation is 1. The number of nitrogens with zero attached hydrogens (tertiary/aromatic N) is 3. The topological polar surface area (TPSA) is 61.3 Å². The summed E-state index contributed by atoms with van der Waals surface area (Å²) in [5.74, 6) is 1.74. The van der Waals surface area contributed by atoms with Gasteiger partial charge in [0.15, 0.2) is 5.82 Å². The van der Waals surface area contributed by atoms with Crippen molar-refractivity contribution in [2.75, 3.05) is 18.0 Å². The smallest absolute Gasteiger partial charge is 0.151 e. The van der Waals surface area contributed by atoms with E-state index in [2.05, 4.69) is 27.3 Å². The molecule has 0 radical (unpaired) electrons. The maximum absolute atomic E-state index is 10.2. The molecule has 2 N–H and O–H groups in total. The summed E-state index contributed by atoms with van der Waals surface area (Å²) in [7, 11) is 0. The fourth-order valence-electron chi connectivity index (χ4n) is 4.19. The molecule has 132 valence electrons. The number of halogens is 1. The lowest BCUT2D eigenvalue weighted by molar-refractivity contribution is 0.310. The summed E-state index contributed by atoms with van der Waals surface area (Å²) in [6.45, 7) is 6.32. The Bertz CT molecular complexity index is 756. The quantitative estimate of drug-likeness (QED) is 0.861. The lowest BCUT2D eigenvalue weighted by Crippen LogP contribution is -2.50. The van der Waals surface area contributed by atoms with Gasteiger partial charge in [0.05, 0.1) is 5.69 Å². The van der Waals surface area contributed by atoms with Gasteiger partial charge in [0.1, 0.15) is 5.75 Å². The molecular weight excluding hydrogens is 336 g/mol. The van der Waals surface area contributed by atoms with Gasteiger partial charge in [-0.2, -0.15) is 0 Å². The summed E-state index contributed by atoms with van der Waals surface area (Å²) in [5, 5.41) is 23.2. The van der Waals surface area contributed by atoms with E-state index < -0.39 is 0 Å². The SMILES string of the molecule is Cc1cc(Cl)cc(O)c1-c1ccc(N2CC[C@@H]3NCC(C)C[C@H]32)nn1. The van der Waals surface area contributed by atoms with Crippen LogP contribution in [0.2, 0.25) is 5.02 Å². The fourth-order valence-corrected chi connectivity index (χ4v) is 4.45. The summed E-state index contributed by atoms with van der Waals surface area (Å²) in [6, 6.07) is 8.36. The summed E-state index contributed by atoms with van der Waals surface area (Å²) in [5.41, 5.74) is 2.25. The van der Waals surface area contributed by atoms with Crippen LogP contribution in [0.5, 0.6) is 5.75 Å². The molecule has 1 aromatic carbocycles. The van der Waals surface area contributed by atoms with E-state index in [1.807, 2.05) is 25.1 Å². The molecule has 1 unspecified atom stereocenters. The molecule has 0 spiro atoms. The average molecular weight is 359 g/mol. The molecule has 0 aliphatic carbocycles. The molecule has 25 heavy (non-hydrogen) atoms. The van der Waals surface area contributed by atoms with Crippen molar-refractivity contribution in [2.24, 2.45) is 5.92 Å². The van der Waals surface area contributed by atoms with Crippen molar-refractivity contribution in [3.63, 3.8) is 0 Å². The number of benzene rings is 1. The first kappa shape index (κ1) is 16.6. The number of anilines is 1. The number of fused-ring (bicyclic) bond motifs is 1. The Morgan fingerprint density at radius 1 is 1.28 bits per heavy atom. The largest absolute Gasteiger partial charge is 0.507 e. The zero-order chi connectivity index (χ0) is 17.6. The van der Waals surface area contributed by atoms with Gasteiger partial charge in [0.25, 0.3) is 0 Å². The molecule has 2 aromatic rings. The highest BCUT2D eigenvalue weighted by Gasteiger charge is 2.38. The van der Waals surface area contributed by atoms with Crippen molar-refractivity contribution < 1.29 is 5.11 Å². The Kier molecular flexibility index (Phi) is 4.29. The number of phenols is 1. The third-order valence-corrected chi connectivity index (χ3v) is 5.62. The van der Waals surface area contributed by atoms with E-state index >= 15 is 0 Å². The molecular formula is C19H23ClN4O. The maximum Gasteiger partial charge on any atom is 0.151 e. The summed E-state index contributed by atoms with van der Waals surface area (Å²) in [6.07, 6.45) is 2.34. The number of aromatic nitrogens is 2. The predicted octanol–water partition coefficient (Wildman–Crippen LogP) is 3.39. The molecule has 0 bridgehead atoms. The molecule has 2 fully saturated rings. The molecule has 0 amide bonds. The molecule has 2 aliphatic heterocycles. The maximum atomic E-state index is 10.2. The number of nitrogens with one attached hydrogen (secondary N) is 1. The van der Waals surface area contributed by atoms with E-state index in [9.17, 15) is 5.11 Å². The normalized spacial score (nSPS) is 25.9. The van der Waals surface area contributed by atoms with Crippen LogP contribution in [0, 0.1) is 12.8 Å². The summed E-state index contributed by atoms with van der Waals surface area (Å²) >= 11 is 5.99. The number of hydrogen-bond donors (Lipinski definition) is 2. The average Bonchev–Trinajstić information content (AvgIpc) is 2.97. The predicted molar refractivity (Wildman–Crippen MR) is 100 cm³/mol. The van der Waals surface area contributed by atoms with E-state index in [4.69, 9.17) is 11.6 Å². The molecule has 2 aliphatic rings. The zero-order valence-corrected chi connectivity index (χ0v) is 15.3. The Labute approximate surface area is 153 Å². The minimum absolute atomic E-state index is 0.138. The molecule has 6 heteroatoms. The van der Waals surface area contributed by atoms with Gasteiger partial charge in [-0.05, 0) is 62.1 Å². The van der Waals surface area contributed by atoms with E-state index in [1.54, 1.807) is 6.07 Å². The summed E-state index contributed by atoms with van der Waals surface area (Å²) < 4.78 is 0. The molecule has 3 atom stereocenters. The van der Waals surface area contributed by atoms with Gasteiger partial charge in [-0.3, -0.25) is 0 Å². The van der Waals surface area contributed by atoms with Crippen LogP contribution in [-0.4, -0.2) is 40.5 Å². The minimum Gasteiger partial charge on any atom is -0.507 e. The Morgan fingerprint density at radius 3 is 2.84 bits per heavy atom. The highest BCUT2D eigenvalue weighted by Crippen LogP contribution is 2.35. The lowest BCUT2D eigenvalue weighted by atomic mass is 9.92. The standard InChI is InChI=1S/C19H23ClN4O/c1-11-7-16-14(21-10-11)5-6-24(16)18-4-3-15(22-23-18)19-12(2)8-13(20)9-17(19)25/h3-4,8-9,11,14,16,21,25H,5-7,10H2,1-2H3/t11?,14-,16+/m0/s1. The number of aromatic hydroxyl groups is 1. The Balaban J connectivity index is 1.61. The van der Waals surface area contributed by atoms with Crippen molar-refractivity contribution in [2.45, 2.75) is 38.8 Å². The van der Waals surface area contributed by atoms with Crippen molar-refractivity contribution in [3.05, 3.63) is 34.9 Å². The van der Waals surface area contributed by atoms with Crippen molar-refractivity contribution in [1.29, 1.82) is 0 Å². The van der Waals surface area contributed by atoms with Crippen LogP contribution in [0.15, 0.2) is 24.3 Å². The van der Waals surface area contributed by atoms with E-state index in [1.165, 1.54) is 6.42 Å². The Morgan fingerprint density at radius 2 is 2.12 bits per heavy atom. The van der Waals surface area contributed by atoms with Crippen LogP contribution >= 0.6 is 11.6 Å². The van der Waals surface area contributed by atoms with Gasteiger partial charge in [-0.25, -0.2) is 0 Å². The van der Waals surface area contributed by atoms with Gasteiger partial charge in [0.2, 0.25) is 0 Å². The number of phenolic OH excluding ortho intramolecular Hbond substituents is 1. The zero-order valence-electron chi connectivity index (χ0n) is 14.5. The highest BCUT2D eigenvalue weighted by atomic mass is 35.5. The second kappa shape index (κ2) is 6.46. The molecule has 1 aromatic heterocycles. The number of hydrogen-bond acceptors (Lipinski definition) is 5. The number of piperidine rings is 1. The molecule has 2 saturated heterocycles. The molecule has 3 heterocycles. The van der Waals surface area contributed by atoms with Gasteiger partial charge in [-0.1, -0.05) is 18.5 Å². The molecule has 4 rings (SSSR count). The van der Waals surface area contributed by atoms with Crippen LogP contribution < -0.4 is 10.2 Å². The van der Waals surface area contributed by atoms with Gasteiger partial charge in [0, 0.05) is 29.2 Å². The van der Waals surface area contributed by atoms with Gasteiger partial charge < -0.3 is 15.3 Å². The fraction of sp³-hybridized carbons (Fsp3) is 0.474. The van der Waals surface area contributed by atoms with Crippen LogP contribution in [0.25, 0.3) is 11.3 Å². The van der Waals surface area contributed by atoms with E-state index in [-0.39, 0.29) is 5.75 Å². The second-order valence-corrected chi connectivity index (χ2v) is 7.74. The summed E-state index contributed by atoms with van der Waals surface area (Å²) in [4.78, 5) is 2.37. The lowest BCUT2D eigenvalue weighted by Gasteiger charge is -2.35. The number of rotatable bonds is 2. The molecule has 0 saturated carbocycles. The van der Waals surface area contributed by atoms with Crippen LogP contribution in [0.3, 0.4) is 0 Å². The van der Waals surface area contributed by atoms with Crippen LogP contribution in [0.4, 0.5) is 5.82 Å². The Hall–Kier alpha value is -1.85. The van der Waals surface area contributed by atoms with Crippen molar-refractivity contribution >= 4 is 17.4 Å². The third kappa shape index (κ3) is 3.07. The van der Waals surface area contributed by atoms with Crippen molar-refractivity contribution in [1.82, 2.24) is 15.5 Å². The van der Waals surface area contributed by atoms with E-state index in [0.717, 1.165) is 30.9 Å². The first-order valence-electron chi connectivity index (χ1n) is 8.86. The van der Waals surface area contributed by atoms with Crippen LogP contribution in [0.1, 0.15) is 25.3 Å².